The first kappa shape index (κ1) is 9.02. The van der Waals surface area contributed by atoms with E-state index >= 15 is 0 Å². The van der Waals surface area contributed by atoms with E-state index in [0.717, 1.165) is 5.56 Å². The Labute approximate surface area is 75.4 Å². The predicted octanol–water partition coefficient (Wildman–Crippen LogP) is 2.85. The largest absolute Gasteiger partial charge is 0.205 e. The summed E-state index contributed by atoms with van der Waals surface area (Å²) in [7, 11) is 0. The summed E-state index contributed by atoms with van der Waals surface area (Å²) in [5.41, 5.74) is 1.54. The van der Waals surface area contributed by atoms with Gasteiger partial charge in [-0.3, -0.25) is 0 Å². The minimum Gasteiger partial charge on any atom is -0.205 e. The van der Waals surface area contributed by atoms with E-state index in [1.807, 2.05) is 6.07 Å². The summed E-state index contributed by atoms with van der Waals surface area (Å²) in [5, 5.41) is 8.50. The molecule has 0 aliphatic heterocycles. The van der Waals surface area contributed by atoms with Crippen molar-refractivity contribution in [2.24, 2.45) is 0 Å². The van der Waals surface area contributed by atoms with Gasteiger partial charge in [0.25, 0.3) is 0 Å². The molecule has 1 aromatic carbocycles. The zero-order valence-corrected chi connectivity index (χ0v) is 7.32. The molecule has 0 N–H and O–H groups in total. The molecular formula is C9H7ClFN. The van der Waals surface area contributed by atoms with Crippen molar-refractivity contribution in [1.29, 1.82) is 5.26 Å². The Kier molecular flexibility index (Phi) is 2.67. The lowest BCUT2D eigenvalue weighted by Crippen LogP contribution is -1.90. The van der Waals surface area contributed by atoms with Crippen molar-refractivity contribution >= 4 is 11.6 Å². The second kappa shape index (κ2) is 3.55. The van der Waals surface area contributed by atoms with Crippen molar-refractivity contribution in [2.45, 2.75) is 13.3 Å². The zero-order valence-electron chi connectivity index (χ0n) is 6.56. The molecule has 1 aromatic rings. The fraction of sp³-hybridized carbons (Fsp3) is 0.222. The molecule has 12 heavy (non-hydrogen) atoms. The standard InChI is InChI=1S/C9H7ClFN/c1-6-4-8(10)9(11)5-7(6)2-3-12/h4-5H,2H2,1H3. The summed E-state index contributed by atoms with van der Waals surface area (Å²) in [6, 6.07) is 4.80. The van der Waals surface area contributed by atoms with Gasteiger partial charge in [0.2, 0.25) is 0 Å². The molecular weight excluding hydrogens is 177 g/mol. The van der Waals surface area contributed by atoms with Gasteiger partial charge in [-0.1, -0.05) is 11.6 Å². The van der Waals surface area contributed by atoms with Gasteiger partial charge in [0.1, 0.15) is 5.82 Å². The van der Waals surface area contributed by atoms with Crippen LogP contribution in [0.4, 0.5) is 4.39 Å². The van der Waals surface area contributed by atoms with E-state index in [1.54, 1.807) is 6.92 Å². The Bertz CT molecular complexity index is 341. The third kappa shape index (κ3) is 1.75. The number of aryl methyl sites for hydroxylation is 1. The van der Waals surface area contributed by atoms with E-state index in [4.69, 9.17) is 16.9 Å². The SMILES string of the molecule is Cc1cc(Cl)c(F)cc1CC#N. The Morgan fingerprint density at radius 3 is 2.83 bits per heavy atom. The first-order valence-electron chi connectivity index (χ1n) is 3.46. The molecule has 0 bridgehead atoms. The van der Waals surface area contributed by atoms with Crippen molar-refractivity contribution in [2.75, 3.05) is 0 Å². The van der Waals surface area contributed by atoms with E-state index in [0.29, 0.717) is 5.56 Å². The van der Waals surface area contributed by atoms with E-state index < -0.39 is 5.82 Å². The van der Waals surface area contributed by atoms with Crippen LogP contribution < -0.4 is 0 Å². The van der Waals surface area contributed by atoms with Crippen molar-refractivity contribution < 1.29 is 4.39 Å². The molecule has 0 spiro atoms. The predicted molar refractivity (Wildman–Crippen MR) is 45.5 cm³/mol. The molecule has 0 radical (unpaired) electrons. The lowest BCUT2D eigenvalue weighted by molar-refractivity contribution is 0.626. The molecule has 3 heteroatoms. The summed E-state index contributed by atoms with van der Waals surface area (Å²) >= 11 is 5.53. The van der Waals surface area contributed by atoms with E-state index in [1.165, 1.54) is 12.1 Å². The highest BCUT2D eigenvalue weighted by Gasteiger charge is 2.04. The molecule has 0 heterocycles. The summed E-state index contributed by atoms with van der Waals surface area (Å²) in [5.74, 6) is -0.465. The minimum atomic E-state index is -0.465. The topological polar surface area (TPSA) is 23.8 Å². The van der Waals surface area contributed by atoms with Crippen molar-refractivity contribution in [3.05, 3.63) is 34.1 Å². The average molecular weight is 184 g/mol. The van der Waals surface area contributed by atoms with Crippen LogP contribution in [0.25, 0.3) is 0 Å². The van der Waals surface area contributed by atoms with E-state index in [2.05, 4.69) is 0 Å². The second-order valence-corrected chi connectivity index (χ2v) is 2.93. The van der Waals surface area contributed by atoms with Crippen LogP contribution in [0.3, 0.4) is 0 Å². The third-order valence-corrected chi connectivity index (χ3v) is 1.94. The average Bonchev–Trinajstić information content (AvgIpc) is 2.01. The number of nitriles is 1. The monoisotopic (exact) mass is 183 g/mol. The molecule has 0 unspecified atom stereocenters. The van der Waals surface area contributed by atoms with Gasteiger partial charge in [0.05, 0.1) is 17.5 Å². The molecule has 1 nitrogen and oxygen atoms in total. The van der Waals surface area contributed by atoms with Crippen LogP contribution in [-0.4, -0.2) is 0 Å². The van der Waals surface area contributed by atoms with Crippen molar-refractivity contribution in [3.63, 3.8) is 0 Å². The summed E-state index contributed by atoms with van der Waals surface area (Å²) < 4.78 is 12.8. The first-order valence-corrected chi connectivity index (χ1v) is 3.84. The smallest absolute Gasteiger partial charge is 0.142 e. The van der Waals surface area contributed by atoms with Gasteiger partial charge in [0, 0.05) is 0 Å². The van der Waals surface area contributed by atoms with Crippen molar-refractivity contribution in [3.8, 4) is 6.07 Å². The Morgan fingerprint density at radius 1 is 1.58 bits per heavy atom. The van der Waals surface area contributed by atoms with Gasteiger partial charge < -0.3 is 0 Å². The number of halogens is 2. The molecule has 0 fully saturated rings. The quantitative estimate of drug-likeness (QED) is 0.657. The summed E-state index contributed by atoms with van der Waals surface area (Å²) in [6.07, 6.45) is 0.222. The lowest BCUT2D eigenvalue weighted by Gasteiger charge is -2.02. The highest BCUT2D eigenvalue weighted by Crippen LogP contribution is 2.19. The molecule has 1 rings (SSSR count). The number of rotatable bonds is 1. The van der Waals surface area contributed by atoms with Crippen LogP contribution in [0.5, 0.6) is 0 Å². The first-order chi connectivity index (χ1) is 5.65. The van der Waals surface area contributed by atoms with Crippen LogP contribution in [-0.2, 0) is 6.42 Å². The van der Waals surface area contributed by atoms with Gasteiger partial charge in [-0.25, -0.2) is 4.39 Å². The molecule has 62 valence electrons. The van der Waals surface area contributed by atoms with E-state index in [-0.39, 0.29) is 11.4 Å². The molecule has 0 saturated carbocycles. The highest BCUT2D eigenvalue weighted by atomic mass is 35.5. The van der Waals surface area contributed by atoms with Gasteiger partial charge >= 0.3 is 0 Å². The number of benzene rings is 1. The normalized spacial score (nSPS) is 9.50. The highest BCUT2D eigenvalue weighted by molar-refractivity contribution is 6.30. The van der Waals surface area contributed by atoms with Crippen LogP contribution in [0.1, 0.15) is 11.1 Å². The maximum absolute atomic E-state index is 12.8. The van der Waals surface area contributed by atoms with Crippen LogP contribution >= 0.6 is 11.6 Å². The minimum absolute atomic E-state index is 0.106. The zero-order chi connectivity index (χ0) is 9.14. The van der Waals surface area contributed by atoms with Gasteiger partial charge in [0.15, 0.2) is 0 Å². The van der Waals surface area contributed by atoms with E-state index in [9.17, 15) is 4.39 Å². The molecule has 0 aliphatic rings. The van der Waals surface area contributed by atoms with Crippen LogP contribution in [0, 0.1) is 24.1 Å². The van der Waals surface area contributed by atoms with Crippen LogP contribution in [0.2, 0.25) is 5.02 Å². The summed E-state index contributed by atoms with van der Waals surface area (Å²) in [4.78, 5) is 0. The molecule has 0 amide bonds. The Hall–Kier alpha value is -1.07. The van der Waals surface area contributed by atoms with Crippen LogP contribution in [0.15, 0.2) is 12.1 Å². The lowest BCUT2D eigenvalue weighted by atomic mass is 10.1. The second-order valence-electron chi connectivity index (χ2n) is 2.53. The molecule has 0 saturated heterocycles. The van der Waals surface area contributed by atoms with Crippen molar-refractivity contribution in [1.82, 2.24) is 0 Å². The summed E-state index contributed by atoms with van der Waals surface area (Å²) in [6.45, 7) is 1.80. The number of hydrogen-bond donors (Lipinski definition) is 0. The molecule has 0 atom stereocenters. The van der Waals surface area contributed by atoms with Gasteiger partial charge in [-0.05, 0) is 30.2 Å². The number of hydrogen-bond acceptors (Lipinski definition) is 1. The number of nitrogens with zero attached hydrogens (tertiary/aromatic N) is 1. The maximum Gasteiger partial charge on any atom is 0.142 e. The van der Waals surface area contributed by atoms with Gasteiger partial charge in [-0.15, -0.1) is 0 Å². The van der Waals surface area contributed by atoms with Gasteiger partial charge in [-0.2, -0.15) is 5.26 Å². The Balaban J connectivity index is 3.16. The maximum atomic E-state index is 12.8. The fourth-order valence-corrected chi connectivity index (χ4v) is 1.18. The third-order valence-electron chi connectivity index (χ3n) is 1.65. The molecule has 0 aliphatic carbocycles. The fourth-order valence-electron chi connectivity index (χ4n) is 0.963. The molecule has 0 aromatic heterocycles. The Morgan fingerprint density at radius 2 is 2.25 bits per heavy atom.